The van der Waals surface area contributed by atoms with E-state index >= 15 is 0 Å². The van der Waals surface area contributed by atoms with Crippen molar-refractivity contribution >= 4 is 28.6 Å². The lowest BCUT2D eigenvalue weighted by atomic mass is 9.60. The first-order chi connectivity index (χ1) is 11.0. The molecular weight excluding hydrogens is 407 g/mol. The Morgan fingerprint density at radius 2 is 2.17 bits per heavy atom. The molecule has 0 aromatic rings. The Morgan fingerprint density at radius 3 is 2.74 bits per heavy atom. The maximum Gasteiger partial charge on any atom is 0.312 e. The molecule has 0 radical (unpaired) electrons. The van der Waals surface area contributed by atoms with Gasteiger partial charge in [-0.2, -0.15) is 0 Å². The first-order valence-electron chi connectivity index (χ1n) is 8.48. The number of carbonyl (C=O) groups excluding carboxylic acids is 1. The number of esters is 1. The lowest BCUT2D eigenvalue weighted by Crippen LogP contribution is -2.53. The smallest absolute Gasteiger partial charge is 0.312 e. The molecule has 2 aliphatic heterocycles. The second-order valence-corrected chi connectivity index (χ2v) is 7.78. The number of rotatable bonds is 8. The van der Waals surface area contributed by atoms with E-state index in [-0.39, 0.29) is 29.0 Å². The molecule has 2 aliphatic rings. The quantitative estimate of drug-likeness (QED) is 0.251. The molecule has 0 saturated carbocycles. The fourth-order valence-electron chi connectivity index (χ4n) is 4.41. The van der Waals surface area contributed by atoms with Gasteiger partial charge in [0.15, 0.2) is 0 Å². The van der Waals surface area contributed by atoms with Crippen LogP contribution in [-0.2, 0) is 19.0 Å². The van der Waals surface area contributed by atoms with Gasteiger partial charge in [0.1, 0.15) is 0 Å². The van der Waals surface area contributed by atoms with Crippen LogP contribution in [0.4, 0.5) is 0 Å². The third-order valence-electron chi connectivity index (χ3n) is 5.27. The number of halogens is 1. The lowest BCUT2D eigenvalue weighted by Gasteiger charge is -2.42. The monoisotopic (exact) mass is 436 g/mol. The zero-order chi connectivity index (χ0) is 17.1. The van der Waals surface area contributed by atoms with Crippen LogP contribution < -0.4 is 0 Å². The van der Waals surface area contributed by atoms with E-state index in [0.717, 1.165) is 30.1 Å². The number of ether oxygens (including phenoxy) is 3. The van der Waals surface area contributed by atoms with Crippen LogP contribution in [0.2, 0.25) is 0 Å². The van der Waals surface area contributed by atoms with Crippen LogP contribution in [0.3, 0.4) is 0 Å². The number of allylic oxidation sites excluding steroid dienone is 2. The molecule has 0 aromatic heterocycles. The molecule has 4 nitrogen and oxygen atoms in total. The number of alkyl halides is 1. The fourth-order valence-corrected chi connectivity index (χ4v) is 5.41. The maximum absolute atomic E-state index is 12.8. The van der Waals surface area contributed by atoms with E-state index in [2.05, 4.69) is 42.5 Å². The van der Waals surface area contributed by atoms with E-state index in [1.54, 1.807) is 7.11 Å². The highest BCUT2D eigenvalue weighted by Crippen LogP contribution is 2.61. The number of carbonyl (C=O) groups is 1. The number of hydrogen-bond donors (Lipinski definition) is 0. The van der Waals surface area contributed by atoms with Crippen molar-refractivity contribution in [1.82, 2.24) is 0 Å². The normalized spacial score (nSPS) is 35.3. The highest BCUT2D eigenvalue weighted by atomic mass is 127. The molecule has 2 heterocycles. The van der Waals surface area contributed by atoms with Crippen LogP contribution in [-0.4, -0.2) is 42.4 Å². The predicted molar refractivity (Wildman–Crippen MR) is 98.8 cm³/mol. The van der Waals surface area contributed by atoms with Gasteiger partial charge in [-0.05, 0) is 46.5 Å². The van der Waals surface area contributed by atoms with E-state index in [9.17, 15) is 4.79 Å². The van der Waals surface area contributed by atoms with Crippen molar-refractivity contribution in [3.05, 3.63) is 11.6 Å². The molecule has 2 bridgehead atoms. The molecule has 0 N–H and O–H groups in total. The van der Waals surface area contributed by atoms with Crippen molar-refractivity contribution in [3.63, 3.8) is 0 Å². The number of hydrogen-bond acceptors (Lipinski definition) is 4. The number of methoxy groups -OCH3 is 1. The SMILES string of the molecule is CCOC(=O)[C@H]1[C@]2(CI)CC[C@@H](O2)[C@@]1(CCC=C(C)C)COC. The highest BCUT2D eigenvalue weighted by Gasteiger charge is 2.69. The summed E-state index contributed by atoms with van der Waals surface area (Å²) in [6, 6.07) is 0. The third-order valence-corrected chi connectivity index (χ3v) is 6.56. The van der Waals surface area contributed by atoms with Gasteiger partial charge in [-0.15, -0.1) is 0 Å². The van der Waals surface area contributed by atoms with Gasteiger partial charge in [0, 0.05) is 17.0 Å². The van der Waals surface area contributed by atoms with Gasteiger partial charge in [0.05, 0.1) is 30.8 Å². The summed E-state index contributed by atoms with van der Waals surface area (Å²) in [5.74, 6) is -0.336. The molecule has 5 heteroatoms. The van der Waals surface area contributed by atoms with Crippen molar-refractivity contribution in [2.45, 2.75) is 58.2 Å². The summed E-state index contributed by atoms with van der Waals surface area (Å²) >= 11 is 2.35. The van der Waals surface area contributed by atoms with Gasteiger partial charge in [-0.1, -0.05) is 34.2 Å². The van der Waals surface area contributed by atoms with E-state index < -0.39 is 0 Å². The van der Waals surface area contributed by atoms with Crippen LogP contribution in [0.15, 0.2) is 11.6 Å². The van der Waals surface area contributed by atoms with E-state index in [1.165, 1.54) is 5.57 Å². The van der Waals surface area contributed by atoms with Crippen LogP contribution >= 0.6 is 22.6 Å². The minimum Gasteiger partial charge on any atom is -0.466 e. The summed E-state index contributed by atoms with van der Waals surface area (Å²) in [5, 5.41) is 0. The van der Waals surface area contributed by atoms with Gasteiger partial charge in [0.25, 0.3) is 0 Å². The number of fused-ring (bicyclic) bond motifs is 2. The average Bonchev–Trinajstić information content (AvgIpc) is 3.03. The average molecular weight is 436 g/mol. The summed E-state index contributed by atoms with van der Waals surface area (Å²) in [6.07, 6.45) is 6.13. The third kappa shape index (κ3) is 3.47. The van der Waals surface area contributed by atoms with Crippen LogP contribution in [0.25, 0.3) is 0 Å². The molecule has 132 valence electrons. The highest BCUT2D eigenvalue weighted by molar-refractivity contribution is 14.1. The Balaban J connectivity index is 2.35. The lowest BCUT2D eigenvalue weighted by molar-refractivity contribution is -0.159. The zero-order valence-electron chi connectivity index (χ0n) is 14.7. The summed E-state index contributed by atoms with van der Waals surface area (Å²) in [7, 11) is 1.72. The topological polar surface area (TPSA) is 44.8 Å². The summed E-state index contributed by atoms with van der Waals surface area (Å²) in [6.45, 7) is 7.04. The van der Waals surface area contributed by atoms with Crippen LogP contribution in [0.1, 0.15) is 46.5 Å². The van der Waals surface area contributed by atoms with E-state index in [0.29, 0.717) is 13.2 Å². The van der Waals surface area contributed by atoms with Crippen molar-refractivity contribution in [3.8, 4) is 0 Å². The first kappa shape index (κ1) is 19.2. The molecule has 0 unspecified atom stereocenters. The van der Waals surface area contributed by atoms with E-state index in [1.807, 2.05) is 6.92 Å². The first-order valence-corrected chi connectivity index (χ1v) is 10.0. The Labute approximate surface area is 153 Å². The van der Waals surface area contributed by atoms with Gasteiger partial charge in [-0.25, -0.2) is 0 Å². The maximum atomic E-state index is 12.8. The molecular formula is C18H29IO4. The van der Waals surface area contributed by atoms with Crippen LogP contribution in [0, 0.1) is 11.3 Å². The largest absolute Gasteiger partial charge is 0.466 e. The summed E-state index contributed by atoms with van der Waals surface area (Å²) in [4.78, 5) is 12.8. The molecule has 2 rings (SSSR count). The van der Waals surface area contributed by atoms with Crippen molar-refractivity contribution < 1.29 is 19.0 Å². The zero-order valence-corrected chi connectivity index (χ0v) is 16.9. The summed E-state index contributed by atoms with van der Waals surface area (Å²) in [5.41, 5.74) is 0.662. The fraction of sp³-hybridized carbons (Fsp3) is 0.833. The summed E-state index contributed by atoms with van der Waals surface area (Å²) < 4.78 is 18.2. The Kier molecular flexibility index (Phi) is 6.53. The van der Waals surface area contributed by atoms with Crippen molar-refractivity contribution in [2.24, 2.45) is 11.3 Å². The molecule has 0 spiro atoms. The predicted octanol–water partition coefficient (Wildman–Crippen LogP) is 3.91. The standard InChI is InChI=1S/C18H29IO4/c1-5-22-16(20)15-17(12-21-4,9-6-7-13(2)3)14-8-10-18(15,11-19)23-14/h7,14-15H,5-6,8-12H2,1-4H3/t14-,15-,17-,18-/m1/s1. The molecule has 0 aliphatic carbocycles. The van der Waals surface area contributed by atoms with Gasteiger partial charge in [-0.3, -0.25) is 4.79 Å². The van der Waals surface area contributed by atoms with Crippen molar-refractivity contribution in [2.75, 3.05) is 24.8 Å². The molecule has 2 saturated heterocycles. The minimum absolute atomic E-state index is 0.0946. The Morgan fingerprint density at radius 1 is 1.43 bits per heavy atom. The Bertz CT molecular complexity index is 460. The van der Waals surface area contributed by atoms with Gasteiger partial charge < -0.3 is 14.2 Å². The van der Waals surface area contributed by atoms with Crippen molar-refractivity contribution in [1.29, 1.82) is 0 Å². The second-order valence-electron chi connectivity index (χ2n) is 7.01. The molecule has 23 heavy (non-hydrogen) atoms. The molecule has 4 atom stereocenters. The van der Waals surface area contributed by atoms with Gasteiger partial charge in [0.2, 0.25) is 0 Å². The van der Waals surface area contributed by atoms with Crippen LogP contribution in [0.5, 0.6) is 0 Å². The molecule has 2 fully saturated rings. The molecule has 0 amide bonds. The minimum atomic E-state index is -0.374. The molecule has 0 aromatic carbocycles. The second kappa shape index (κ2) is 7.83. The van der Waals surface area contributed by atoms with E-state index in [4.69, 9.17) is 14.2 Å². The van der Waals surface area contributed by atoms with Gasteiger partial charge >= 0.3 is 5.97 Å². The Hall–Kier alpha value is -0.140.